The van der Waals surface area contributed by atoms with Crippen LogP contribution in [0.4, 0.5) is 18.9 Å². The molecule has 2 aromatic heterocycles. The molecule has 0 radical (unpaired) electrons. The first-order chi connectivity index (χ1) is 14.5. The topological polar surface area (TPSA) is 73.0 Å². The number of halogens is 3. The van der Waals surface area contributed by atoms with Gasteiger partial charge in [-0.1, -0.05) is 0 Å². The molecule has 0 unspecified atom stereocenters. The zero-order chi connectivity index (χ0) is 20.7. The number of rotatable bonds is 3. The van der Waals surface area contributed by atoms with Crippen LogP contribution in [0.1, 0.15) is 0 Å². The van der Waals surface area contributed by atoms with Gasteiger partial charge in [0.15, 0.2) is 5.82 Å². The van der Waals surface area contributed by atoms with E-state index in [1.807, 2.05) is 22.8 Å². The smallest absolute Gasteiger partial charge is 0.408 e. The van der Waals surface area contributed by atoms with Gasteiger partial charge in [-0.3, -0.25) is 0 Å². The zero-order valence-electron chi connectivity index (χ0n) is 16.1. The molecule has 0 amide bonds. The second-order valence-corrected chi connectivity index (χ2v) is 7.27. The van der Waals surface area contributed by atoms with E-state index in [9.17, 15) is 13.2 Å². The van der Waals surface area contributed by atoms with Crippen LogP contribution in [-0.4, -0.2) is 63.3 Å². The summed E-state index contributed by atoms with van der Waals surface area (Å²) in [6.07, 6.45) is -1.57. The number of aromatic nitrogens is 5. The molecule has 0 spiro atoms. The minimum Gasteiger partial charge on any atom is -0.491 e. The highest BCUT2D eigenvalue weighted by molar-refractivity contribution is 5.72. The van der Waals surface area contributed by atoms with E-state index in [1.54, 1.807) is 6.20 Å². The third kappa shape index (κ3) is 3.60. The predicted octanol–water partition coefficient (Wildman–Crippen LogP) is 2.17. The number of fused-ring (bicyclic) bond motifs is 3. The molecule has 158 valence electrons. The molecular weight excluding hydrogens is 399 g/mol. The Kier molecular flexibility index (Phi) is 4.61. The lowest BCUT2D eigenvalue weighted by molar-refractivity contribution is -0.142. The number of nitrogens with one attached hydrogen (secondary N) is 1. The van der Waals surface area contributed by atoms with Crippen molar-refractivity contribution in [3.8, 4) is 28.7 Å². The summed E-state index contributed by atoms with van der Waals surface area (Å²) in [7, 11) is 0. The number of anilines is 1. The Bertz CT molecular complexity index is 1050. The van der Waals surface area contributed by atoms with Gasteiger partial charge in [-0.2, -0.15) is 18.3 Å². The fourth-order valence-corrected chi connectivity index (χ4v) is 3.85. The lowest BCUT2D eigenvalue weighted by atomic mass is 10.1. The molecule has 0 atom stereocenters. The highest BCUT2D eigenvalue weighted by Gasteiger charge is 2.31. The summed E-state index contributed by atoms with van der Waals surface area (Å²) in [6.45, 7) is 3.48. The summed E-state index contributed by atoms with van der Waals surface area (Å²) in [4.78, 5) is 10.9. The van der Waals surface area contributed by atoms with Crippen LogP contribution in [0, 0.1) is 0 Å². The van der Waals surface area contributed by atoms with Crippen LogP contribution in [0.15, 0.2) is 30.7 Å². The molecule has 4 heterocycles. The van der Waals surface area contributed by atoms with Crippen molar-refractivity contribution < 1.29 is 17.9 Å². The van der Waals surface area contributed by atoms with Crippen molar-refractivity contribution in [2.45, 2.75) is 19.3 Å². The Morgan fingerprint density at radius 2 is 1.93 bits per heavy atom. The van der Waals surface area contributed by atoms with Crippen molar-refractivity contribution in [2.24, 2.45) is 0 Å². The Morgan fingerprint density at radius 1 is 1.10 bits per heavy atom. The number of benzene rings is 1. The summed E-state index contributed by atoms with van der Waals surface area (Å²) >= 11 is 0. The molecule has 5 rings (SSSR count). The van der Waals surface area contributed by atoms with Crippen molar-refractivity contribution in [1.29, 1.82) is 0 Å². The summed E-state index contributed by atoms with van der Waals surface area (Å²) in [6, 6.07) is 6.00. The molecule has 1 fully saturated rings. The molecule has 0 bridgehead atoms. The van der Waals surface area contributed by atoms with E-state index < -0.39 is 12.7 Å². The first-order valence-electron chi connectivity index (χ1n) is 9.73. The van der Waals surface area contributed by atoms with Gasteiger partial charge >= 0.3 is 6.18 Å². The van der Waals surface area contributed by atoms with Crippen molar-refractivity contribution in [1.82, 2.24) is 29.6 Å². The minimum absolute atomic E-state index is 0.0906. The number of ether oxygens (including phenoxy) is 1. The van der Waals surface area contributed by atoms with Crippen molar-refractivity contribution >= 4 is 5.69 Å². The van der Waals surface area contributed by atoms with Gasteiger partial charge in [0.2, 0.25) is 0 Å². The minimum atomic E-state index is -4.39. The van der Waals surface area contributed by atoms with Gasteiger partial charge in [-0.25, -0.2) is 14.6 Å². The van der Waals surface area contributed by atoms with Gasteiger partial charge < -0.3 is 19.5 Å². The van der Waals surface area contributed by atoms with Crippen LogP contribution in [0.25, 0.3) is 22.9 Å². The average molecular weight is 419 g/mol. The first-order valence-corrected chi connectivity index (χ1v) is 9.73. The molecular formula is C19H20F3N7O. The molecule has 0 saturated carbocycles. The summed E-state index contributed by atoms with van der Waals surface area (Å²) in [5.41, 5.74) is 2.24. The molecule has 0 aliphatic carbocycles. The number of hydrogen-bond donors (Lipinski definition) is 1. The van der Waals surface area contributed by atoms with Gasteiger partial charge in [-0.05, 0) is 12.1 Å². The maximum absolute atomic E-state index is 12.8. The fraction of sp³-hybridized carbons (Fsp3) is 0.421. The van der Waals surface area contributed by atoms with E-state index in [2.05, 4.69) is 25.3 Å². The summed E-state index contributed by atoms with van der Waals surface area (Å²) < 4.78 is 47.2. The van der Waals surface area contributed by atoms with Gasteiger partial charge in [-0.15, -0.1) is 0 Å². The molecule has 11 heteroatoms. The average Bonchev–Trinajstić information content (AvgIpc) is 3.30. The second-order valence-electron chi connectivity index (χ2n) is 7.27. The highest BCUT2D eigenvalue weighted by Crippen LogP contribution is 2.36. The van der Waals surface area contributed by atoms with Gasteiger partial charge in [0.25, 0.3) is 0 Å². The predicted molar refractivity (Wildman–Crippen MR) is 103 cm³/mol. The van der Waals surface area contributed by atoms with Crippen LogP contribution >= 0.6 is 0 Å². The molecule has 2 aliphatic rings. The van der Waals surface area contributed by atoms with E-state index >= 15 is 0 Å². The number of alkyl halides is 3. The van der Waals surface area contributed by atoms with Crippen LogP contribution in [0.2, 0.25) is 0 Å². The van der Waals surface area contributed by atoms with E-state index in [-0.39, 0.29) is 5.82 Å². The number of imidazole rings is 1. The first kappa shape index (κ1) is 18.9. The van der Waals surface area contributed by atoms with E-state index in [0.29, 0.717) is 24.7 Å². The van der Waals surface area contributed by atoms with Crippen molar-refractivity contribution in [3.05, 3.63) is 30.7 Å². The van der Waals surface area contributed by atoms with Gasteiger partial charge in [0.1, 0.15) is 36.7 Å². The second kappa shape index (κ2) is 7.31. The largest absolute Gasteiger partial charge is 0.491 e. The van der Waals surface area contributed by atoms with Gasteiger partial charge in [0.05, 0.1) is 12.1 Å². The maximum Gasteiger partial charge on any atom is 0.408 e. The van der Waals surface area contributed by atoms with Crippen molar-refractivity contribution in [3.63, 3.8) is 0 Å². The lowest BCUT2D eigenvalue weighted by Crippen LogP contribution is -2.43. The third-order valence-electron chi connectivity index (χ3n) is 5.23. The van der Waals surface area contributed by atoms with E-state index in [4.69, 9.17) is 4.74 Å². The molecule has 2 aliphatic heterocycles. The molecule has 1 aromatic carbocycles. The van der Waals surface area contributed by atoms with Crippen molar-refractivity contribution in [2.75, 3.05) is 37.7 Å². The fourth-order valence-electron chi connectivity index (χ4n) is 3.85. The van der Waals surface area contributed by atoms with Crippen LogP contribution in [0.3, 0.4) is 0 Å². The maximum atomic E-state index is 12.8. The Labute approximate surface area is 170 Å². The lowest BCUT2D eigenvalue weighted by Gasteiger charge is -2.29. The Hall–Kier alpha value is -3.08. The monoisotopic (exact) mass is 419 g/mol. The molecule has 1 saturated heterocycles. The Morgan fingerprint density at radius 3 is 2.73 bits per heavy atom. The molecule has 8 nitrogen and oxygen atoms in total. The van der Waals surface area contributed by atoms with Crippen LogP contribution in [0.5, 0.6) is 5.75 Å². The zero-order valence-corrected chi connectivity index (χ0v) is 16.1. The van der Waals surface area contributed by atoms with Crippen LogP contribution in [-0.2, 0) is 13.1 Å². The summed E-state index contributed by atoms with van der Waals surface area (Å²) in [5.74, 6) is 1.46. The Balaban J connectivity index is 1.50. The molecule has 3 aromatic rings. The number of nitrogens with zero attached hydrogens (tertiary/aromatic N) is 6. The van der Waals surface area contributed by atoms with E-state index in [0.717, 1.165) is 54.2 Å². The van der Waals surface area contributed by atoms with E-state index in [1.165, 1.54) is 0 Å². The normalized spacial score (nSPS) is 16.6. The SMILES string of the molecule is FC(F)(F)Cn1ncnc1-c1cn2c(n1)-c1ccc(N3CCNCC3)cc1OCC2. The highest BCUT2D eigenvalue weighted by atomic mass is 19.4. The van der Waals surface area contributed by atoms with Crippen LogP contribution < -0.4 is 15.0 Å². The standard InChI is InChI=1S/C19H20F3N7O/c20-19(21,22)11-29-18(24-12-25-29)15-10-28-7-8-30-16-9-13(27-5-3-23-4-6-27)1-2-14(16)17(28)26-15/h1-2,9-10,12,23H,3-8,11H2. The van der Waals surface area contributed by atoms with Gasteiger partial charge in [0, 0.05) is 44.1 Å². The number of piperazine rings is 1. The number of hydrogen-bond acceptors (Lipinski definition) is 6. The molecule has 30 heavy (non-hydrogen) atoms. The third-order valence-corrected chi connectivity index (χ3v) is 5.23. The quantitative estimate of drug-likeness (QED) is 0.702. The summed E-state index contributed by atoms with van der Waals surface area (Å²) in [5, 5.41) is 7.05. The molecule has 1 N–H and O–H groups in total.